The summed E-state index contributed by atoms with van der Waals surface area (Å²) in [6.07, 6.45) is 0. The summed E-state index contributed by atoms with van der Waals surface area (Å²) in [5, 5.41) is 5.35. The fourth-order valence-electron chi connectivity index (χ4n) is 2.54. The molecule has 0 unspecified atom stereocenters. The van der Waals surface area contributed by atoms with Crippen molar-refractivity contribution >= 4 is 23.5 Å². The maximum absolute atomic E-state index is 12.3. The SMILES string of the molecule is CC1(C)NC(=O)N(CC(=O)Nc2ccccc2C(C)(C)C)C1=O. The number of benzene rings is 1. The fourth-order valence-corrected chi connectivity index (χ4v) is 2.54. The summed E-state index contributed by atoms with van der Waals surface area (Å²) >= 11 is 0. The second-order valence-electron chi connectivity index (χ2n) is 7.29. The number of carbonyl (C=O) groups excluding carboxylic acids is 3. The van der Waals surface area contributed by atoms with Crippen LogP contribution in [0, 0.1) is 0 Å². The number of rotatable bonds is 3. The summed E-state index contributed by atoms with van der Waals surface area (Å²) < 4.78 is 0. The van der Waals surface area contributed by atoms with Crippen LogP contribution in [0.5, 0.6) is 0 Å². The van der Waals surface area contributed by atoms with Crippen LogP contribution in [0.1, 0.15) is 40.2 Å². The van der Waals surface area contributed by atoms with Gasteiger partial charge in [-0.05, 0) is 30.9 Å². The van der Waals surface area contributed by atoms with Crippen LogP contribution in [0.2, 0.25) is 0 Å². The molecule has 23 heavy (non-hydrogen) atoms. The van der Waals surface area contributed by atoms with Crippen molar-refractivity contribution in [1.29, 1.82) is 0 Å². The molecule has 1 heterocycles. The highest BCUT2D eigenvalue weighted by atomic mass is 16.2. The average Bonchev–Trinajstić information content (AvgIpc) is 2.60. The summed E-state index contributed by atoms with van der Waals surface area (Å²) in [5.41, 5.74) is 0.579. The van der Waals surface area contributed by atoms with Crippen molar-refractivity contribution in [3.8, 4) is 0 Å². The number of para-hydroxylation sites is 1. The van der Waals surface area contributed by atoms with Gasteiger partial charge in [-0.15, -0.1) is 0 Å². The van der Waals surface area contributed by atoms with Crippen LogP contribution in [0.4, 0.5) is 10.5 Å². The van der Waals surface area contributed by atoms with Crippen molar-refractivity contribution in [3.05, 3.63) is 29.8 Å². The molecule has 0 aliphatic carbocycles. The number of anilines is 1. The normalized spacial score (nSPS) is 17.2. The standard InChI is InChI=1S/C17H23N3O3/c1-16(2,3)11-8-6-7-9-12(11)18-13(21)10-20-14(22)17(4,5)19-15(20)23/h6-9H,10H2,1-5H3,(H,18,21)(H,19,23). The molecule has 0 spiro atoms. The predicted molar refractivity (Wildman–Crippen MR) is 88.1 cm³/mol. The van der Waals surface area contributed by atoms with E-state index in [9.17, 15) is 14.4 Å². The molecule has 1 saturated heterocycles. The monoisotopic (exact) mass is 317 g/mol. The first kappa shape index (κ1) is 17.0. The van der Waals surface area contributed by atoms with E-state index < -0.39 is 23.4 Å². The van der Waals surface area contributed by atoms with Crippen LogP contribution in [0.25, 0.3) is 0 Å². The molecule has 1 fully saturated rings. The highest BCUT2D eigenvalue weighted by molar-refractivity contribution is 6.09. The van der Waals surface area contributed by atoms with Crippen LogP contribution >= 0.6 is 0 Å². The molecule has 1 aromatic rings. The minimum absolute atomic E-state index is 0.132. The van der Waals surface area contributed by atoms with E-state index >= 15 is 0 Å². The van der Waals surface area contributed by atoms with E-state index in [-0.39, 0.29) is 12.0 Å². The minimum atomic E-state index is -0.972. The summed E-state index contributed by atoms with van der Waals surface area (Å²) in [7, 11) is 0. The Bertz CT molecular complexity index is 659. The van der Waals surface area contributed by atoms with Gasteiger partial charge < -0.3 is 10.6 Å². The Labute approximate surface area is 136 Å². The van der Waals surface area contributed by atoms with Crippen molar-refractivity contribution in [3.63, 3.8) is 0 Å². The average molecular weight is 317 g/mol. The Morgan fingerprint density at radius 1 is 1.22 bits per heavy atom. The zero-order valence-corrected chi connectivity index (χ0v) is 14.2. The molecule has 6 heteroatoms. The lowest BCUT2D eigenvalue weighted by Crippen LogP contribution is -2.41. The summed E-state index contributed by atoms with van der Waals surface area (Å²) in [4.78, 5) is 37.1. The highest BCUT2D eigenvalue weighted by Crippen LogP contribution is 2.29. The van der Waals surface area contributed by atoms with Gasteiger partial charge in [-0.2, -0.15) is 0 Å². The Morgan fingerprint density at radius 2 is 1.83 bits per heavy atom. The number of imide groups is 1. The summed E-state index contributed by atoms with van der Waals surface area (Å²) in [6.45, 7) is 9.08. The van der Waals surface area contributed by atoms with Gasteiger partial charge in [0.2, 0.25) is 5.91 Å². The molecule has 1 aliphatic rings. The lowest BCUT2D eigenvalue weighted by molar-refractivity contribution is -0.132. The van der Waals surface area contributed by atoms with Crippen LogP contribution in [-0.4, -0.2) is 34.8 Å². The molecule has 1 aliphatic heterocycles. The molecule has 6 nitrogen and oxygen atoms in total. The van der Waals surface area contributed by atoms with E-state index in [0.717, 1.165) is 10.5 Å². The molecule has 0 bridgehead atoms. The van der Waals surface area contributed by atoms with Gasteiger partial charge in [0.25, 0.3) is 5.91 Å². The van der Waals surface area contributed by atoms with Crippen LogP contribution in [0.3, 0.4) is 0 Å². The quantitative estimate of drug-likeness (QED) is 0.839. The zero-order valence-electron chi connectivity index (χ0n) is 14.2. The third-order valence-corrected chi connectivity index (χ3v) is 3.76. The zero-order chi connectivity index (χ0) is 17.4. The molecule has 0 saturated carbocycles. The lowest BCUT2D eigenvalue weighted by atomic mass is 9.86. The molecule has 1 aromatic carbocycles. The number of carbonyl (C=O) groups is 3. The molecule has 0 atom stereocenters. The van der Waals surface area contributed by atoms with Crippen molar-refractivity contribution in [1.82, 2.24) is 10.2 Å². The largest absolute Gasteiger partial charge is 0.325 e. The van der Waals surface area contributed by atoms with E-state index in [0.29, 0.717) is 5.69 Å². The number of amides is 4. The van der Waals surface area contributed by atoms with Gasteiger partial charge in [-0.1, -0.05) is 39.0 Å². The van der Waals surface area contributed by atoms with Crippen LogP contribution < -0.4 is 10.6 Å². The lowest BCUT2D eigenvalue weighted by Gasteiger charge is -2.23. The van der Waals surface area contributed by atoms with E-state index in [4.69, 9.17) is 0 Å². The summed E-state index contributed by atoms with van der Waals surface area (Å²) in [6, 6.07) is 6.97. The van der Waals surface area contributed by atoms with Gasteiger partial charge in [0.1, 0.15) is 12.1 Å². The Kier molecular flexibility index (Phi) is 4.20. The molecule has 124 valence electrons. The van der Waals surface area contributed by atoms with Crippen LogP contribution in [0.15, 0.2) is 24.3 Å². The van der Waals surface area contributed by atoms with Gasteiger partial charge in [0.15, 0.2) is 0 Å². The maximum atomic E-state index is 12.3. The molecular formula is C17H23N3O3. The first-order chi connectivity index (χ1) is 10.5. The molecular weight excluding hydrogens is 294 g/mol. The number of hydrogen-bond donors (Lipinski definition) is 2. The topological polar surface area (TPSA) is 78.5 Å². The molecule has 2 rings (SSSR count). The van der Waals surface area contributed by atoms with Crippen molar-refractivity contribution in [2.24, 2.45) is 0 Å². The van der Waals surface area contributed by atoms with Crippen molar-refractivity contribution < 1.29 is 14.4 Å². The van der Waals surface area contributed by atoms with Gasteiger partial charge in [-0.25, -0.2) is 4.79 Å². The fraction of sp³-hybridized carbons (Fsp3) is 0.471. The number of hydrogen-bond acceptors (Lipinski definition) is 3. The Balaban J connectivity index is 2.13. The minimum Gasteiger partial charge on any atom is -0.324 e. The third kappa shape index (κ3) is 3.52. The van der Waals surface area contributed by atoms with Crippen LogP contribution in [-0.2, 0) is 15.0 Å². The molecule has 0 aromatic heterocycles. The van der Waals surface area contributed by atoms with E-state index in [2.05, 4.69) is 31.4 Å². The smallest absolute Gasteiger partial charge is 0.324 e. The van der Waals surface area contributed by atoms with E-state index in [1.54, 1.807) is 13.8 Å². The molecule has 2 N–H and O–H groups in total. The Morgan fingerprint density at radius 3 is 2.35 bits per heavy atom. The highest BCUT2D eigenvalue weighted by Gasteiger charge is 2.44. The number of nitrogens with zero attached hydrogens (tertiary/aromatic N) is 1. The Hall–Kier alpha value is -2.37. The van der Waals surface area contributed by atoms with Gasteiger partial charge in [0.05, 0.1) is 0 Å². The first-order valence-corrected chi connectivity index (χ1v) is 7.56. The first-order valence-electron chi connectivity index (χ1n) is 7.56. The summed E-state index contributed by atoms with van der Waals surface area (Å²) in [5.74, 6) is -0.801. The predicted octanol–water partition coefficient (Wildman–Crippen LogP) is 2.25. The second-order valence-corrected chi connectivity index (χ2v) is 7.29. The molecule has 0 radical (unpaired) electrons. The van der Waals surface area contributed by atoms with Crippen molar-refractivity contribution in [2.45, 2.75) is 45.6 Å². The third-order valence-electron chi connectivity index (χ3n) is 3.76. The van der Waals surface area contributed by atoms with Crippen molar-refractivity contribution in [2.75, 3.05) is 11.9 Å². The van der Waals surface area contributed by atoms with E-state index in [1.807, 2.05) is 24.3 Å². The van der Waals surface area contributed by atoms with E-state index in [1.165, 1.54) is 0 Å². The van der Waals surface area contributed by atoms with Gasteiger partial charge in [0, 0.05) is 5.69 Å². The maximum Gasteiger partial charge on any atom is 0.325 e. The second kappa shape index (κ2) is 5.68. The number of nitrogens with one attached hydrogen (secondary N) is 2. The van der Waals surface area contributed by atoms with Gasteiger partial charge in [-0.3, -0.25) is 14.5 Å². The molecule has 4 amide bonds. The number of urea groups is 1. The van der Waals surface area contributed by atoms with Gasteiger partial charge >= 0.3 is 6.03 Å².